The largest absolute Gasteiger partial charge is 0.247 e. The Kier molecular flexibility index (Phi) is 10.0. The molecular formula is C69H44N4. The van der Waals surface area contributed by atoms with Gasteiger partial charge in [0.05, 0.1) is 16.6 Å². The summed E-state index contributed by atoms with van der Waals surface area (Å²) >= 11 is 0. The molecule has 0 atom stereocenters. The van der Waals surface area contributed by atoms with Gasteiger partial charge < -0.3 is 0 Å². The first-order valence-corrected chi connectivity index (χ1v) is 24.9. The first-order chi connectivity index (χ1) is 36.2. The topological polar surface area (TPSA) is 51.6 Å². The Balaban J connectivity index is 1.05. The molecule has 0 amide bonds. The quantitative estimate of drug-likeness (QED) is 0.143. The maximum absolute atomic E-state index is 5.38. The molecule has 4 nitrogen and oxygen atoms in total. The van der Waals surface area contributed by atoms with Gasteiger partial charge in [0.1, 0.15) is 0 Å². The maximum atomic E-state index is 5.38. The molecule has 4 heteroatoms. The van der Waals surface area contributed by atoms with Crippen molar-refractivity contribution in [3.8, 4) is 78.8 Å². The van der Waals surface area contributed by atoms with Gasteiger partial charge in [0, 0.05) is 33.0 Å². The first-order valence-electron chi connectivity index (χ1n) is 24.9. The minimum Gasteiger partial charge on any atom is -0.247 e. The van der Waals surface area contributed by atoms with Crippen LogP contribution in [0.25, 0.3) is 111 Å². The van der Waals surface area contributed by atoms with E-state index in [0.29, 0.717) is 17.5 Å². The van der Waals surface area contributed by atoms with E-state index >= 15 is 0 Å². The van der Waals surface area contributed by atoms with E-state index in [4.69, 9.17) is 19.9 Å². The zero-order chi connectivity index (χ0) is 48.3. The second kappa shape index (κ2) is 17.3. The minimum atomic E-state index is -0.554. The van der Waals surface area contributed by atoms with Crippen LogP contribution in [-0.4, -0.2) is 19.9 Å². The van der Waals surface area contributed by atoms with Gasteiger partial charge in [-0.2, -0.15) is 0 Å². The Morgan fingerprint density at radius 3 is 1.33 bits per heavy atom. The van der Waals surface area contributed by atoms with Crippen molar-refractivity contribution in [2.75, 3.05) is 0 Å². The van der Waals surface area contributed by atoms with Crippen molar-refractivity contribution in [2.24, 2.45) is 0 Å². The van der Waals surface area contributed by atoms with E-state index in [0.717, 1.165) is 77.3 Å². The van der Waals surface area contributed by atoms with E-state index in [1.54, 1.807) is 0 Å². The number of para-hydroxylation sites is 1. The summed E-state index contributed by atoms with van der Waals surface area (Å²) in [6, 6.07) is 95.6. The van der Waals surface area contributed by atoms with Crippen molar-refractivity contribution in [3.05, 3.63) is 289 Å². The van der Waals surface area contributed by atoms with Gasteiger partial charge in [-0.25, -0.2) is 19.9 Å². The van der Waals surface area contributed by atoms with E-state index in [2.05, 4.69) is 231 Å². The summed E-state index contributed by atoms with van der Waals surface area (Å²) in [6.45, 7) is 0. The Morgan fingerprint density at radius 2 is 0.685 bits per heavy atom. The number of benzene rings is 11. The smallest absolute Gasteiger partial charge is 0.164 e. The molecule has 0 spiro atoms. The van der Waals surface area contributed by atoms with Crippen molar-refractivity contribution in [3.63, 3.8) is 0 Å². The van der Waals surface area contributed by atoms with Crippen LogP contribution in [-0.2, 0) is 5.41 Å². The van der Waals surface area contributed by atoms with Crippen molar-refractivity contribution < 1.29 is 0 Å². The van der Waals surface area contributed by atoms with Crippen LogP contribution >= 0.6 is 0 Å². The molecule has 0 aliphatic heterocycles. The fourth-order valence-corrected chi connectivity index (χ4v) is 11.6. The van der Waals surface area contributed by atoms with Gasteiger partial charge >= 0.3 is 0 Å². The normalized spacial score (nSPS) is 12.5. The van der Waals surface area contributed by atoms with E-state index in [9.17, 15) is 0 Å². The highest BCUT2D eigenvalue weighted by Crippen LogP contribution is 2.58. The third kappa shape index (κ3) is 6.91. The maximum Gasteiger partial charge on any atom is 0.164 e. The number of nitrogens with zero attached hydrogens (tertiary/aromatic N) is 4. The number of aromatic nitrogens is 4. The molecule has 1 aliphatic carbocycles. The standard InChI is InChI=1S/C69H44N4/c1-5-22-45(23-6-1)66-71-67(46-24-7-2-8-25-46)73-68(72-66)49-43-47(52-40-41-59(55-31-14-13-30-54(52)55)65-58-34-16-15-32-56(58)57-33-18-20-39-63(57)70-65)42-48(44-49)53-36-21-38-62-64(53)60-35-17-19-37-61(60)69(62,50-26-9-3-10-27-50)51-28-11-4-12-29-51/h1-44H. The molecule has 11 aromatic carbocycles. The highest BCUT2D eigenvalue weighted by atomic mass is 15.0. The molecule has 0 N–H and O–H groups in total. The Bertz CT molecular complexity index is 4150. The Morgan fingerprint density at radius 1 is 0.247 bits per heavy atom. The molecule has 0 unspecified atom stereocenters. The molecule has 0 radical (unpaired) electrons. The van der Waals surface area contributed by atoms with E-state index < -0.39 is 5.41 Å². The highest BCUT2D eigenvalue weighted by molar-refractivity contribution is 6.15. The Labute approximate surface area is 423 Å². The van der Waals surface area contributed by atoms with E-state index in [1.165, 1.54) is 38.8 Å². The minimum absolute atomic E-state index is 0.554. The molecule has 0 saturated carbocycles. The van der Waals surface area contributed by atoms with Gasteiger partial charge in [-0.15, -0.1) is 0 Å². The summed E-state index contributed by atoms with van der Waals surface area (Å²) in [6.07, 6.45) is 0. The lowest BCUT2D eigenvalue weighted by Crippen LogP contribution is -2.28. The third-order valence-electron chi connectivity index (χ3n) is 14.8. The average Bonchev–Trinajstić information content (AvgIpc) is 3.78. The molecule has 73 heavy (non-hydrogen) atoms. The van der Waals surface area contributed by atoms with Crippen LogP contribution in [0.1, 0.15) is 22.3 Å². The van der Waals surface area contributed by atoms with E-state index in [1.807, 2.05) is 36.4 Å². The van der Waals surface area contributed by atoms with Gasteiger partial charge in [-0.3, -0.25) is 0 Å². The van der Waals surface area contributed by atoms with Crippen LogP contribution in [0.3, 0.4) is 0 Å². The summed E-state index contributed by atoms with van der Waals surface area (Å²) in [5.41, 5.74) is 17.0. The second-order valence-corrected chi connectivity index (χ2v) is 18.8. The number of hydrogen-bond donors (Lipinski definition) is 0. The van der Waals surface area contributed by atoms with Crippen LogP contribution in [0, 0.1) is 0 Å². The molecule has 0 fully saturated rings. The third-order valence-corrected chi connectivity index (χ3v) is 14.8. The van der Waals surface area contributed by atoms with Gasteiger partial charge in [-0.05, 0) is 96.1 Å². The molecule has 0 bridgehead atoms. The SMILES string of the molecule is c1ccc(-c2nc(-c3ccccc3)nc(-c3cc(-c4cccc5c4-c4ccccc4C5(c4ccccc4)c4ccccc4)cc(-c4ccc(-c5nc6ccccc6c6ccccc56)c5ccccc45)c3)n2)cc1. The first kappa shape index (κ1) is 42.3. The molecule has 340 valence electrons. The summed E-state index contributed by atoms with van der Waals surface area (Å²) < 4.78 is 0. The molecule has 0 saturated heterocycles. The fourth-order valence-electron chi connectivity index (χ4n) is 11.6. The van der Waals surface area contributed by atoms with Crippen LogP contribution < -0.4 is 0 Å². The number of rotatable bonds is 8. The van der Waals surface area contributed by atoms with Crippen LogP contribution in [0.15, 0.2) is 267 Å². The second-order valence-electron chi connectivity index (χ2n) is 18.8. The van der Waals surface area contributed by atoms with Crippen molar-refractivity contribution >= 4 is 32.4 Å². The van der Waals surface area contributed by atoms with Crippen LogP contribution in [0.5, 0.6) is 0 Å². The summed E-state index contributed by atoms with van der Waals surface area (Å²) in [7, 11) is 0. The fraction of sp³-hybridized carbons (Fsp3) is 0.0145. The van der Waals surface area contributed by atoms with Crippen LogP contribution in [0.2, 0.25) is 0 Å². The predicted octanol–water partition coefficient (Wildman–Crippen LogP) is 17.1. The van der Waals surface area contributed by atoms with Crippen molar-refractivity contribution in [1.29, 1.82) is 0 Å². The van der Waals surface area contributed by atoms with Gasteiger partial charge in [0.2, 0.25) is 0 Å². The number of fused-ring (bicyclic) bond motifs is 7. The monoisotopic (exact) mass is 928 g/mol. The van der Waals surface area contributed by atoms with Crippen LogP contribution in [0.4, 0.5) is 0 Å². The molecule has 2 heterocycles. The average molecular weight is 929 g/mol. The molecular weight excluding hydrogens is 885 g/mol. The number of pyridine rings is 1. The molecule has 1 aliphatic rings. The zero-order valence-electron chi connectivity index (χ0n) is 39.7. The Hall–Kier alpha value is -9.64. The lowest BCUT2D eigenvalue weighted by atomic mass is 9.67. The lowest BCUT2D eigenvalue weighted by Gasteiger charge is -2.34. The highest BCUT2D eigenvalue weighted by Gasteiger charge is 2.46. The van der Waals surface area contributed by atoms with Gasteiger partial charge in [0.15, 0.2) is 17.5 Å². The summed E-state index contributed by atoms with van der Waals surface area (Å²) in [5, 5.41) is 5.72. The van der Waals surface area contributed by atoms with Gasteiger partial charge in [-0.1, -0.05) is 243 Å². The number of hydrogen-bond acceptors (Lipinski definition) is 4. The van der Waals surface area contributed by atoms with Crippen molar-refractivity contribution in [2.45, 2.75) is 5.41 Å². The van der Waals surface area contributed by atoms with Gasteiger partial charge in [0.25, 0.3) is 0 Å². The van der Waals surface area contributed by atoms with Crippen molar-refractivity contribution in [1.82, 2.24) is 19.9 Å². The summed E-state index contributed by atoms with van der Waals surface area (Å²) in [5.74, 6) is 1.83. The molecule has 2 aromatic heterocycles. The molecule has 13 aromatic rings. The zero-order valence-corrected chi connectivity index (χ0v) is 39.7. The summed E-state index contributed by atoms with van der Waals surface area (Å²) in [4.78, 5) is 21.1. The predicted molar refractivity (Wildman–Crippen MR) is 300 cm³/mol. The van der Waals surface area contributed by atoms with E-state index in [-0.39, 0.29) is 0 Å². The molecule has 14 rings (SSSR count). The lowest BCUT2D eigenvalue weighted by molar-refractivity contribution is 0.768.